The maximum atomic E-state index is 12.9. The Morgan fingerprint density at radius 1 is 0.970 bits per heavy atom. The Balaban J connectivity index is 1.43. The van der Waals surface area contributed by atoms with E-state index in [0.717, 1.165) is 30.1 Å². The zero-order chi connectivity index (χ0) is 23.4. The molecule has 8 heteroatoms. The van der Waals surface area contributed by atoms with Crippen LogP contribution in [0.2, 0.25) is 0 Å². The predicted octanol–water partition coefficient (Wildman–Crippen LogP) is 3.63. The molecule has 0 unspecified atom stereocenters. The molecule has 0 atom stereocenters. The highest BCUT2D eigenvalue weighted by molar-refractivity contribution is 5.97. The Hall–Kier alpha value is -3.52. The number of hydrogen-bond acceptors (Lipinski definition) is 7. The third-order valence-corrected chi connectivity index (χ3v) is 5.90. The molecule has 1 aromatic heterocycles. The second-order valence-corrected chi connectivity index (χ2v) is 7.86. The van der Waals surface area contributed by atoms with E-state index in [9.17, 15) is 4.79 Å². The Morgan fingerprint density at radius 2 is 1.70 bits per heavy atom. The lowest BCUT2D eigenvalue weighted by atomic mass is 10.1. The normalized spacial score (nSPS) is 14.2. The van der Waals surface area contributed by atoms with E-state index < -0.39 is 0 Å². The van der Waals surface area contributed by atoms with E-state index in [1.807, 2.05) is 48.2 Å². The molecule has 0 spiro atoms. The van der Waals surface area contributed by atoms with Crippen LogP contribution in [0.3, 0.4) is 0 Å². The minimum Gasteiger partial charge on any atom is -0.497 e. The van der Waals surface area contributed by atoms with Crippen LogP contribution >= 0.6 is 0 Å². The average molecular weight is 452 g/mol. The van der Waals surface area contributed by atoms with Crippen molar-refractivity contribution in [1.29, 1.82) is 0 Å². The van der Waals surface area contributed by atoms with Gasteiger partial charge in [-0.3, -0.25) is 9.69 Å². The van der Waals surface area contributed by atoms with Crippen molar-refractivity contribution in [3.05, 3.63) is 59.5 Å². The largest absolute Gasteiger partial charge is 0.497 e. The van der Waals surface area contributed by atoms with Gasteiger partial charge in [0.2, 0.25) is 5.89 Å². The second kappa shape index (κ2) is 9.95. The van der Waals surface area contributed by atoms with E-state index in [4.69, 9.17) is 23.6 Å². The van der Waals surface area contributed by atoms with E-state index >= 15 is 0 Å². The van der Waals surface area contributed by atoms with Gasteiger partial charge >= 0.3 is 0 Å². The van der Waals surface area contributed by atoms with Gasteiger partial charge in [0.25, 0.3) is 5.91 Å². The van der Waals surface area contributed by atoms with Crippen molar-refractivity contribution >= 4 is 5.91 Å². The molecule has 1 aliphatic heterocycles. The van der Waals surface area contributed by atoms with Crippen LogP contribution in [0.1, 0.15) is 21.8 Å². The highest BCUT2D eigenvalue weighted by atomic mass is 16.5. The number of benzene rings is 2. The molecule has 0 saturated carbocycles. The van der Waals surface area contributed by atoms with Gasteiger partial charge in [-0.1, -0.05) is 12.1 Å². The summed E-state index contributed by atoms with van der Waals surface area (Å²) in [5.41, 5.74) is 2.22. The van der Waals surface area contributed by atoms with Crippen LogP contribution in [0.5, 0.6) is 17.2 Å². The summed E-state index contributed by atoms with van der Waals surface area (Å²) >= 11 is 0. The number of aromatic nitrogens is 1. The molecule has 0 aliphatic carbocycles. The zero-order valence-electron chi connectivity index (χ0n) is 19.5. The predicted molar refractivity (Wildman–Crippen MR) is 124 cm³/mol. The first kappa shape index (κ1) is 22.7. The molecule has 33 heavy (non-hydrogen) atoms. The zero-order valence-corrected chi connectivity index (χ0v) is 19.5. The lowest BCUT2D eigenvalue weighted by Crippen LogP contribution is -2.48. The van der Waals surface area contributed by atoms with E-state index in [0.29, 0.717) is 48.3 Å². The van der Waals surface area contributed by atoms with E-state index in [-0.39, 0.29) is 5.91 Å². The number of nitrogens with zero attached hydrogens (tertiary/aromatic N) is 3. The first-order valence-electron chi connectivity index (χ1n) is 10.9. The third-order valence-electron chi connectivity index (χ3n) is 5.90. The molecule has 0 radical (unpaired) electrons. The number of aryl methyl sites for hydroxylation is 1. The highest BCUT2D eigenvalue weighted by Gasteiger charge is 2.25. The van der Waals surface area contributed by atoms with Crippen LogP contribution in [0, 0.1) is 6.92 Å². The standard InChI is InChI=1S/C25H29N3O5/c1-17-21(26-24(33-17)20-15-18(30-2)9-10-23(20)32-4)16-27-11-13-28(14-12-27)25(29)19-7-5-6-8-22(19)31-3/h5-10,15H,11-14,16H2,1-4H3. The average Bonchev–Trinajstić information content (AvgIpc) is 3.23. The summed E-state index contributed by atoms with van der Waals surface area (Å²) in [6.45, 7) is 5.36. The molecule has 2 heterocycles. The Morgan fingerprint density at radius 3 is 2.39 bits per heavy atom. The van der Waals surface area contributed by atoms with Gasteiger partial charge in [-0.05, 0) is 37.3 Å². The number of carbonyl (C=O) groups excluding carboxylic acids is 1. The summed E-state index contributed by atoms with van der Waals surface area (Å²) in [5, 5.41) is 0. The van der Waals surface area contributed by atoms with Crippen molar-refractivity contribution in [1.82, 2.24) is 14.8 Å². The number of piperazine rings is 1. The fourth-order valence-corrected chi connectivity index (χ4v) is 3.98. The van der Waals surface area contributed by atoms with Crippen LogP contribution in [-0.4, -0.2) is 68.2 Å². The summed E-state index contributed by atoms with van der Waals surface area (Å²) in [6.07, 6.45) is 0. The van der Waals surface area contributed by atoms with Crippen molar-refractivity contribution < 1.29 is 23.4 Å². The topological polar surface area (TPSA) is 77.3 Å². The Bertz CT molecular complexity index is 1120. The van der Waals surface area contributed by atoms with Crippen molar-refractivity contribution in [2.24, 2.45) is 0 Å². The summed E-state index contributed by atoms with van der Waals surface area (Å²) in [5.74, 6) is 3.25. The maximum absolute atomic E-state index is 12.9. The number of ether oxygens (including phenoxy) is 3. The number of rotatable bonds is 7. The molecular weight excluding hydrogens is 422 g/mol. The first-order valence-corrected chi connectivity index (χ1v) is 10.9. The molecule has 2 aromatic carbocycles. The molecule has 8 nitrogen and oxygen atoms in total. The van der Waals surface area contributed by atoms with E-state index in [1.54, 1.807) is 27.4 Å². The summed E-state index contributed by atoms with van der Waals surface area (Å²) in [7, 11) is 4.82. The highest BCUT2D eigenvalue weighted by Crippen LogP contribution is 2.34. The van der Waals surface area contributed by atoms with Crippen LogP contribution in [0.4, 0.5) is 0 Å². The van der Waals surface area contributed by atoms with Crippen LogP contribution < -0.4 is 14.2 Å². The van der Waals surface area contributed by atoms with Crippen molar-refractivity contribution in [2.45, 2.75) is 13.5 Å². The van der Waals surface area contributed by atoms with Gasteiger partial charge in [0.05, 0.1) is 38.2 Å². The summed E-state index contributed by atoms with van der Waals surface area (Å²) in [4.78, 5) is 21.8. The van der Waals surface area contributed by atoms with Crippen LogP contribution in [0.25, 0.3) is 11.5 Å². The van der Waals surface area contributed by atoms with Crippen LogP contribution in [-0.2, 0) is 6.54 Å². The van der Waals surface area contributed by atoms with Gasteiger partial charge in [0.1, 0.15) is 23.0 Å². The van der Waals surface area contributed by atoms with Gasteiger partial charge in [-0.2, -0.15) is 0 Å². The van der Waals surface area contributed by atoms with Gasteiger partial charge < -0.3 is 23.5 Å². The molecule has 1 fully saturated rings. The fourth-order valence-electron chi connectivity index (χ4n) is 3.98. The molecule has 174 valence electrons. The fraction of sp³-hybridized carbons (Fsp3) is 0.360. The van der Waals surface area contributed by atoms with E-state index in [1.165, 1.54) is 0 Å². The maximum Gasteiger partial charge on any atom is 0.257 e. The first-order chi connectivity index (χ1) is 16.0. The molecule has 0 bridgehead atoms. The number of carbonyl (C=O) groups is 1. The quantitative estimate of drug-likeness (QED) is 0.543. The summed E-state index contributed by atoms with van der Waals surface area (Å²) < 4.78 is 22.1. The van der Waals surface area contributed by atoms with Crippen molar-refractivity contribution in [3.63, 3.8) is 0 Å². The molecule has 0 N–H and O–H groups in total. The second-order valence-electron chi connectivity index (χ2n) is 7.86. The monoisotopic (exact) mass is 451 g/mol. The number of oxazole rings is 1. The molecule has 1 amide bonds. The number of para-hydroxylation sites is 1. The minimum atomic E-state index is -0.00266. The number of hydrogen-bond donors (Lipinski definition) is 0. The van der Waals surface area contributed by atoms with Gasteiger partial charge in [-0.15, -0.1) is 0 Å². The number of amides is 1. The molecule has 1 aliphatic rings. The lowest BCUT2D eigenvalue weighted by Gasteiger charge is -2.34. The third kappa shape index (κ3) is 4.80. The Labute approximate surface area is 193 Å². The minimum absolute atomic E-state index is 0.00266. The van der Waals surface area contributed by atoms with Gasteiger partial charge in [0, 0.05) is 32.7 Å². The van der Waals surface area contributed by atoms with Crippen LogP contribution in [0.15, 0.2) is 46.9 Å². The SMILES string of the molecule is COc1ccc(OC)c(-c2nc(CN3CCN(C(=O)c4ccccc4OC)CC3)c(C)o2)c1. The van der Waals surface area contributed by atoms with Crippen molar-refractivity contribution in [2.75, 3.05) is 47.5 Å². The van der Waals surface area contributed by atoms with Crippen molar-refractivity contribution in [3.8, 4) is 28.7 Å². The Kier molecular flexibility index (Phi) is 6.84. The molecule has 1 saturated heterocycles. The number of methoxy groups -OCH3 is 3. The molecule has 4 rings (SSSR count). The van der Waals surface area contributed by atoms with Gasteiger partial charge in [-0.25, -0.2) is 4.98 Å². The molecular formula is C25H29N3O5. The smallest absolute Gasteiger partial charge is 0.257 e. The lowest BCUT2D eigenvalue weighted by molar-refractivity contribution is 0.0623. The summed E-state index contributed by atoms with van der Waals surface area (Å²) in [6, 6.07) is 12.9. The molecule has 3 aromatic rings. The van der Waals surface area contributed by atoms with Gasteiger partial charge in [0.15, 0.2) is 0 Å². The van der Waals surface area contributed by atoms with E-state index in [2.05, 4.69) is 4.90 Å².